The van der Waals surface area contributed by atoms with Crippen LogP contribution in [0.4, 0.5) is 0 Å². The number of Topliss-reactive ketones (excluding diaryl/α,β-unsaturated/α-hetero) is 1. The van der Waals surface area contributed by atoms with Gasteiger partial charge in [-0.2, -0.15) is 0 Å². The van der Waals surface area contributed by atoms with Crippen LogP contribution in [0.15, 0.2) is 48.6 Å². The molecule has 0 spiro atoms. The summed E-state index contributed by atoms with van der Waals surface area (Å²) in [6.45, 7) is 13.3. The van der Waals surface area contributed by atoms with Gasteiger partial charge in [-0.25, -0.2) is 4.79 Å². The van der Waals surface area contributed by atoms with Crippen LogP contribution in [-0.4, -0.2) is 89.1 Å². The fourth-order valence-electron chi connectivity index (χ4n) is 8.98. The maximum absolute atomic E-state index is 14.1. The first-order valence-electron chi connectivity index (χ1n) is 16.5. The van der Waals surface area contributed by atoms with E-state index in [0.29, 0.717) is 0 Å². The predicted molar refractivity (Wildman–Crippen MR) is 173 cm³/mol. The summed E-state index contributed by atoms with van der Waals surface area (Å²) in [6, 6.07) is 9.03. The molecule has 1 N–H and O–H groups in total. The van der Waals surface area contributed by atoms with Gasteiger partial charge in [-0.1, -0.05) is 50.8 Å². The Morgan fingerprint density at radius 2 is 1.44 bits per heavy atom. The number of carbonyl (C=O) groups excluding carboxylic acids is 6. The van der Waals surface area contributed by atoms with Gasteiger partial charge in [0.2, 0.25) is 0 Å². The van der Waals surface area contributed by atoms with Gasteiger partial charge in [-0.05, 0) is 24.1 Å². The molecule has 1 aromatic carbocycles. The van der Waals surface area contributed by atoms with Gasteiger partial charge >= 0.3 is 29.8 Å². The molecule has 4 bridgehead atoms. The first kappa shape index (κ1) is 36.9. The van der Waals surface area contributed by atoms with E-state index in [1.165, 1.54) is 26.8 Å². The van der Waals surface area contributed by atoms with E-state index in [4.69, 9.17) is 28.4 Å². The molecule has 5 rings (SSSR count). The van der Waals surface area contributed by atoms with Crippen LogP contribution in [-0.2, 0) is 57.2 Å². The lowest BCUT2D eigenvalue weighted by molar-refractivity contribution is -0.295. The van der Waals surface area contributed by atoms with Crippen LogP contribution in [0, 0.1) is 22.7 Å². The number of fused-ring (bicyclic) bond motifs is 1. The van der Waals surface area contributed by atoms with Gasteiger partial charge in [-0.3, -0.25) is 24.0 Å². The standard InChI is InChI=1S/C37H44O13/c1-19-26(50-29(43)15-14-24-12-10-9-11-13-24)17-28(46-20(2)38)35(7)30(19)31(47-21(3)39)25-16-27(42)36(8)37(44,34(25,6)18-45-36)33(49-23(5)41)32(35)48-22(4)40/h9-15,25-26,28,30-33,44H,1,16-18H2,2-8H3/b15-14+/t25-,26-,28-,30-,31+,32-,33-,34-,35+,36+,37-/m0/s1. The molecule has 3 aliphatic carbocycles. The molecule has 1 aliphatic heterocycles. The second kappa shape index (κ2) is 13.1. The molecular formula is C37H44O13. The second-order valence-electron chi connectivity index (χ2n) is 14.3. The van der Waals surface area contributed by atoms with Gasteiger partial charge in [0.05, 0.1) is 12.0 Å². The van der Waals surface area contributed by atoms with Crippen molar-refractivity contribution < 1.29 is 62.3 Å². The molecular weight excluding hydrogens is 652 g/mol. The van der Waals surface area contributed by atoms with Gasteiger partial charge in [0.25, 0.3) is 0 Å². The van der Waals surface area contributed by atoms with Gasteiger partial charge in [0.15, 0.2) is 23.6 Å². The molecule has 13 nitrogen and oxygen atoms in total. The molecule has 4 fully saturated rings. The van der Waals surface area contributed by atoms with Crippen molar-refractivity contribution in [1.82, 2.24) is 0 Å². The van der Waals surface area contributed by atoms with Crippen LogP contribution in [0.25, 0.3) is 6.08 Å². The van der Waals surface area contributed by atoms with E-state index in [9.17, 15) is 33.9 Å². The van der Waals surface area contributed by atoms with Crippen LogP contribution in [0.2, 0.25) is 0 Å². The zero-order chi connectivity index (χ0) is 37.0. The molecule has 1 saturated heterocycles. The first-order chi connectivity index (χ1) is 23.3. The number of aliphatic hydroxyl groups is 1. The van der Waals surface area contributed by atoms with Crippen LogP contribution in [0.1, 0.15) is 66.9 Å². The Hall–Kier alpha value is -4.36. The van der Waals surface area contributed by atoms with Crippen molar-refractivity contribution >= 4 is 41.7 Å². The van der Waals surface area contributed by atoms with E-state index < -0.39 is 100 Å². The van der Waals surface area contributed by atoms with Gasteiger partial charge in [0, 0.05) is 63.9 Å². The number of rotatable bonds is 7. The maximum atomic E-state index is 14.1. The van der Waals surface area contributed by atoms with Crippen molar-refractivity contribution in [3.8, 4) is 0 Å². The summed E-state index contributed by atoms with van der Waals surface area (Å²) >= 11 is 0. The van der Waals surface area contributed by atoms with E-state index >= 15 is 0 Å². The van der Waals surface area contributed by atoms with Crippen molar-refractivity contribution in [2.24, 2.45) is 22.7 Å². The topological polar surface area (TPSA) is 178 Å². The van der Waals surface area contributed by atoms with E-state index in [-0.39, 0.29) is 25.0 Å². The third-order valence-corrected chi connectivity index (χ3v) is 11.3. The molecule has 0 amide bonds. The quantitative estimate of drug-likeness (QED) is 0.191. The summed E-state index contributed by atoms with van der Waals surface area (Å²) in [5.74, 6) is -6.69. The molecule has 13 heteroatoms. The summed E-state index contributed by atoms with van der Waals surface area (Å²) in [5.41, 5.74) is -6.51. The molecule has 270 valence electrons. The van der Waals surface area contributed by atoms with E-state index in [1.54, 1.807) is 44.2 Å². The molecule has 0 aromatic heterocycles. The molecule has 0 unspecified atom stereocenters. The Morgan fingerprint density at radius 1 is 0.860 bits per heavy atom. The Balaban J connectivity index is 1.76. The van der Waals surface area contributed by atoms with Crippen molar-refractivity contribution in [3.63, 3.8) is 0 Å². The lowest BCUT2D eigenvalue weighted by Gasteiger charge is -2.64. The van der Waals surface area contributed by atoms with Gasteiger partial charge < -0.3 is 33.5 Å². The minimum atomic E-state index is -2.36. The molecule has 11 atom stereocenters. The van der Waals surface area contributed by atoms with Gasteiger partial charge in [0.1, 0.15) is 23.9 Å². The van der Waals surface area contributed by atoms with Crippen molar-refractivity contribution in [2.45, 2.75) is 103 Å². The van der Waals surface area contributed by atoms with E-state index in [0.717, 1.165) is 19.4 Å². The molecule has 0 radical (unpaired) electrons. The SMILES string of the molecule is C=C1[C@@H](OC(=O)/C=C/c2ccccc2)C[C@H](OC(C)=O)[C@@]2(C)[C@@H](OC(C)=O)[C@H](OC(C)=O)[C@]3(O)[C@@]4(C)CO[C@]3(C)C(=O)C[C@H]4[C@@H](OC(C)=O)[C@H]12. The van der Waals surface area contributed by atoms with Gasteiger partial charge in [-0.15, -0.1) is 0 Å². The van der Waals surface area contributed by atoms with Crippen LogP contribution in [0.3, 0.4) is 0 Å². The summed E-state index contributed by atoms with van der Waals surface area (Å²) in [5, 5.41) is 13.0. The number of esters is 5. The summed E-state index contributed by atoms with van der Waals surface area (Å²) in [7, 11) is 0. The highest BCUT2D eigenvalue weighted by Crippen LogP contribution is 2.67. The number of hydrogen-bond acceptors (Lipinski definition) is 13. The third kappa shape index (κ3) is 5.73. The van der Waals surface area contributed by atoms with E-state index in [1.807, 2.05) is 6.07 Å². The summed E-state index contributed by atoms with van der Waals surface area (Å²) in [4.78, 5) is 78.9. The smallest absolute Gasteiger partial charge is 0.331 e. The fraction of sp³-hybridized carbons (Fsp3) is 0.568. The number of benzene rings is 1. The minimum Gasteiger partial charge on any atom is -0.462 e. The Morgan fingerprint density at radius 3 is 2.02 bits per heavy atom. The molecule has 50 heavy (non-hydrogen) atoms. The molecule has 1 heterocycles. The molecule has 4 aliphatic rings. The average Bonchev–Trinajstić information content (AvgIpc) is 3.17. The Kier molecular flexibility index (Phi) is 9.65. The lowest BCUT2D eigenvalue weighted by atomic mass is 9.44. The first-order valence-corrected chi connectivity index (χ1v) is 16.5. The summed E-state index contributed by atoms with van der Waals surface area (Å²) in [6.07, 6.45) is -4.76. The number of hydrogen-bond donors (Lipinski definition) is 1. The average molecular weight is 697 g/mol. The highest BCUT2D eigenvalue weighted by molar-refractivity contribution is 5.91. The zero-order valence-electron chi connectivity index (χ0n) is 29.3. The van der Waals surface area contributed by atoms with Crippen LogP contribution >= 0.6 is 0 Å². The zero-order valence-corrected chi connectivity index (χ0v) is 29.3. The minimum absolute atomic E-state index is 0.194. The monoisotopic (exact) mass is 696 g/mol. The Labute approximate surface area is 290 Å². The van der Waals surface area contributed by atoms with Crippen molar-refractivity contribution in [3.05, 3.63) is 54.1 Å². The molecule has 3 saturated carbocycles. The third-order valence-electron chi connectivity index (χ3n) is 11.3. The largest absolute Gasteiger partial charge is 0.462 e. The summed E-state index contributed by atoms with van der Waals surface area (Å²) < 4.78 is 35.9. The predicted octanol–water partition coefficient (Wildman–Crippen LogP) is 3.05. The second-order valence-corrected chi connectivity index (χ2v) is 14.3. The molecule has 1 aromatic rings. The lowest BCUT2D eigenvalue weighted by Crippen LogP contribution is -2.80. The number of carbonyl (C=O) groups is 6. The van der Waals surface area contributed by atoms with Crippen molar-refractivity contribution in [2.75, 3.05) is 6.61 Å². The Bertz CT molecular complexity index is 1630. The highest BCUT2D eigenvalue weighted by atomic mass is 16.6. The van der Waals surface area contributed by atoms with E-state index in [2.05, 4.69) is 6.58 Å². The van der Waals surface area contributed by atoms with Crippen LogP contribution in [0.5, 0.6) is 0 Å². The van der Waals surface area contributed by atoms with Crippen LogP contribution < -0.4 is 0 Å². The van der Waals surface area contributed by atoms with Crippen molar-refractivity contribution in [1.29, 1.82) is 0 Å². The normalized spacial score (nSPS) is 39.0. The highest BCUT2D eigenvalue weighted by Gasteiger charge is 2.82. The number of ketones is 1. The number of ether oxygens (including phenoxy) is 6. The maximum Gasteiger partial charge on any atom is 0.331 e. The fourth-order valence-corrected chi connectivity index (χ4v) is 8.98.